The first-order valence-electron chi connectivity index (χ1n) is 2.99. The smallest absolute Gasteiger partial charge is 0.247 e. The average Bonchev–Trinajstić information content (AvgIpc) is 1.95. The predicted molar refractivity (Wildman–Crippen MR) is 37.8 cm³/mol. The van der Waals surface area contributed by atoms with Crippen molar-refractivity contribution >= 4 is 0 Å². The number of hydrogen-bond donors (Lipinski definition) is 1. The Balaban J connectivity index is 2.79. The molecular weight excluding hydrogens is 130 g/mol. The highest BCUT2D eigenvalue weighted by molar-refractivity contribution is 5.06. The van der Waals surface area contributed by atoms with Crippen molar-refractivity contribution in [2.75, 3.05) is 7.11 Å². The molecule has 0 bridgehead atoms. The number of H-pyrrole nitrogens is 1. The molecule has 1 N–H and O–H groups in total. The van der Waals surface area contributed by atoms with Crippen LogP contribution in [0.2, 0.25) is 0 Å². The van der Waals surface area contributed by atoms with Crippen molar-refractivity contribution in [1.82, 2.24) is 4.98 Å². The summed E-state index contributed by atoms with van der Waals surface area (Å²) in [4.78, 5) is 13.1. The summed E-state index contributed by atoms with van der Waals surface area (Å²) in [7, 11) is 1.62. The summed E-state index contributed by atoms with van der Waals surface area (Å²) in [6.07, 6.45) is 1.64. The minimum absolute atomic E-state index is 0.0835. The molecule has 54 valence electrons. The van der Waals surface area contributed by atoms with Crippen molar-refractivity contribution in [2.45, 2.75) is 6.61 Å². The number of hydrogen-bond acceptors (Lipinski definition) is 2. The van der Waals surface area contributed by atoms with Crippen LogP contribution in [0.4, 0.5) is 0 Å². The van der Waals surface area contributed by atoms with Gasteiger partial charge in [-0.05, 0) is 11.6 Å². The summed E-state index contributed by atoms with van der Waals surface area (Å²) in [5.41, 5.74) is 0.891. The first-order chi connectivity index (χ1) is 4.83. The van der Waals surface area contributed by atoms with Crippen LogP contribution < -0.4 is 5.56 Å². The normalized spacial score (nSPS) is 9.70. The van der Waals surface area contributed by atoms with E-state index < -0.39 is 0 Å². The zero-order valence-electron chi connectivity index (χ0n) is 5.76. The molecule has 10 heavy (non-hydrogen) atoms. The van der Waals surface area contributed by atoms with E-state index in [1.54, 1.807) is 19.4 Å². The molecule has 0 saturated heterocycles. The van der Waals surface area contributed by atoms with Gasteiger partial charge in [-0.3, -0.25) is 4.79 Å². The van der Waals surface area contributed by atoms with Gasteiger partial charge in [-0.1, -0.05) is 0 Å². The van der Waals surface area contributed by atoms with Crippen molar-refractivity contribution < 1.29 is 4.74 Å². The second-order valence-corrected chi connectivity index (χ2v) is 1.99. The van der Waals surface area contributed by atoms with Crippen LogP contribution in [0.15, 0.2) is 23.1 Å². The SMILES string of the molecule is COCc1ccc(=O)[nH]c1. The molecule has 0 atom stereocenters. The van der Waals surface area contributed by atoms with Crippen molar-refractivity contribution in [2.24, 2.45) is 0 Å². The van der Waals surface area contributed by atoms with Crippen LogP contribution in [-0.4, -0.2) is 12.1 Å². The van der Waals surface area contributed by atoms with Gasteiger partial charge in [0.25, 0.3) is 0 Å². The lowest BCUT2D eigenvalue weighted by Crippen LogP contribution is -2.03. The van der Waals surface area contributed by atoms with Crippen molar-refractivity contribution in [3.05, 3.63) is 34.2 Å². The molecule has 1 rings (SSSR count). The number of ether oxygens (including phenoxy) is 1. The third-order valence-electron chi connectivity index (χ3n) is 1.16. The highest BCUT2D eigenvalue weighted by Gasteiger charge is 1.88. The largest absolute Gasteiger partial charge is 0.380 e. The van der Waals surface area contributed by atoms with Gasteiger partial charge in [0.05, 0.1) is 6.61 Å². The molecule has 1 heterocycles. The molecule has 1 aromatic rings. The van der Waals surface area contributed by atoms with E-state index in [0.29, 0.717) is 6.61 Å². The molecule has 0 amide bonds. The quantitative estimate of drug-likeness (QED) is 0.649. The molecule has 0 aliphatic heterocycles. The molecule has 0 saturated carbocycles. The van der Waals surface area contributed by atoms with E-state index in [1.807, 2.05) is 0 Å². The summed E-state index contributed by atoms with van der Waals surface area (Å²) < 4.78 is 4.85. The third-order valence-corrected chi connectivity index (χ3v) is 1.16. The van der Waals surface area contributed by atoms with Crippen LogP contribution in [0.25, 0.3) is 0 Å². The van der Waals surface area contributed by atoms with Crippen LogP contribution in [0.5, 0.6) is 0 Å². The molecule has 0 radical (unpaired) electrons. The van der Waals surface area contributed by atoms with Crippen LogP contribution in [0.3, 0.4) is 0 Å². The summed E-state index contributed by atoms with van der Waals surface area (Å²) in [5, 5.41) is 0. The number of aromatic nitrogens is 1. The summed E-state index contributed by atoms with van der Waals surface area (Å²) >= 11 is 0. The standard InChI is InChI=1S/C7H9NO2/c1-10-5-6-2-3-7(9)8-4-6/h2-4H,5H2,1H3,(H,8,9). The van der Waals surface area contributed by atoms with Gasteiger partial charge < -0.3 is 9.72 Å². The minimum atomic E-state index is -0.0835. The molecule has 0 unspecified atom stereocenters. The zero-order valence-corrected chi connectivity index (χ0v) is 5.76. The fourth-order valence-electron chi connectivity index (χ4n) is 0.699. The number of aromatic amines is 1. The predicted octanol–water partition coefficient (Wildman–Crippen LogP) is 0.521. The van der Waals surface area contributed by atoms with E-state index in [1.165, 1.54) is 6.07 Å². The highest BCUT2D eigenvalue weighted by atomic mass is 16.5. The second kappa shape index (κ2) is 3.17. The summed E-state index contributed by atoms with van der Waals surface area (Å²) in [6, 6.07) is 3.22. The van der Waals surface area contributed by atoms with E-state index in [4.69, 9.17) is 4.74 Å². The van der Waals surface area contributed by atoms with Crippen LogP contribution >= 0.6 is 0 Å². The molecule has 0 aliphatic rings. The maximum Gasteiger partial charge on any atom is 0.247 e. The van der Waals surface area contributed by atoms with Gasteiger partial charge in [-0.25, -0.2) is 0 Å². The van der Waals surface area contributed by atoms with Gasteiger partial charge in [-0.2, -0.15) is 0 Å². The Bertz CT molecular complexity index is 234. The van der Waals surface area contributed by atoms with Crippen molar-refractivity contribution in [3.8, 4) is 0 Å². The summed E-state index contributed by atoms with van der Waals surface area (Å²) in [5.74, 6) is 0. The number of nitrogens with one attached hydrogen (secondary N) is 1. The first-order valence-corrected chi connectivity index (χ1v) is 2.99. The summed E-state index contributed by atoms with van der Waals surface area (Å²) in [6.45, 7) is 0.538. The van der Waals surface area contributed by atoms with E-state index in [2.05, 4.69) is 4.98 Å². The lowest BCUT2D eigenvalue weighted by molar-refractivity contribution is 0.184. The molecule has 3 nitrogen and oxygen atoms in total. The van der Waals surface area contributed by atoms with Crippen LogP contribution in [0, 0.1) is 0 Å². The molecule has 1 aromatic heterocycles. The Morgan fingerprint density at radius 3 is 2.90 bits per heavy atom. The number of rotatable bonds is 2. The fraction of sp³-hybridized carbons (Fsp3) is 0.286. The Labute approximate surface area is 58.7 Å². The van der Waals surface area contributed by atoms with E-state index >= 15 is 0 Å². The Kier molecular flexibility index (Phi) is 2.23. The van der Waals surface area contributed by atoms with E-state index in [0.717, 1.165) is 5.56 Å². The van der Waals surface area contributed by atoms with Crippen LogP contribution in [-0.2, 0) is 11.3 Å². The van der Waals surface area contributed by atoms with Crippen molar-refractivity contribution in [1.29, 1.82) is 0 Å². The van der Waals surface area contributed by atoms with Gasteiger partial charge in [0, 0.05) is 19.4 Å². The molecule has 0 spiro atoms. The third kappa shape index (κ3) is 1.70. The van der Waals surface area contributed by atoms with Gasteiger partial charge in [0.1, 0.15) is 0 Å². The van der Waals surface area contributed by atoms with Gasteiger partial charge >= 0.3 is 0 Å². The van der Waals surface area contributed by atoms with Gasteiger partial charge in [0.2, 0.25) is 5.56 Å². The fourth-order valence-corrected chi connectivity index (χ4v) is 0.699. The topological polar surface area (TPSA) is 42.1 Å². The van der Waals surface area contributed by atoms with E-state index in [-0.39, 0.29) is 5.56 Å². The first kappa shape index (κ1) is 7.02. The zero-order chi connectivity index (χ0) is 7.40. The molecule has 0 fully saturated rings. The maximum atomic E-state index is 10.5. The molecule has 3 heteroatoms. The van der Waals surface area contributed by atoms with E-state index in [9.17, 15) is 4.79 Å². The lowest BCUT2D eigenvalue weighted by Gasteiger charge is -1.95. The van der Waals surface area contributed by atoms with Crippen molar-refractivity contribution in [3.63, 3.8) is 0 Å². The number of methoxy groups -OCH3 is 1. The Morgan fingerprint density at radius 2 is 2.40 bits per heavy atom. The lowest BCUT2D eigenvalue weighted by atomic mass is 10.3. The molecular formula is C7H9NO2. The Hall–Kier alpha value is -1.09. The average molecular weight is 139 g/mol. The Morgan fingerprint density at radius 1 is 1.60 bits per heavy atom. The minimum Gasteiger partial charge on any atom is -0.380 e. The van der Waals surface area contributed by atoms with Gasteiger partial charge in [0.15, 0.2) is 0 Å². The molecule has 0 aliphatic carbocycles. The monoisotopic (exact) mass is 139 g/mol. The van der Waals surface area contributed by atoms with Crippen LogP contribution in [0.1, 0.15) is 5.56 Å². The maximum absolute atomic E-state index is 10.5. The second-order valence-electron chi connectivity index (χ2n) is 1.99. The highest BCUT2D eigenvalue weighted by Crippen LogP contribution is 1.93. The molecule has 0 aromatic carbocycles. The van der Waals surface area contributed by atoms with Gasteiger partial charge in [-0.15, -0.1) is 0 Å². The number of pyridine rings is 1.